The van der Waals surface area contributed by atoms with E-state index >= 15 is 0 Å². The van der Waals surface area contributed by atoms with Crippen molar-refractivity contribution in [3.63, 3.8) is 0 Å². The van der Waals surface area contributed by atoms with E-state index in [1.807, 2.05) is 42.7 Å². The number of nitrogens with zero attached hydrogens (tertiary/aromatic N) is 3. The van der Waals surface area contributed by atoms with Crippen molar-refractivity contribution < 1.29 is 14.3 Å². The van der Waals surface area contributed by atoms with Crippen LogP contribution in [0.1, 0.15) is 24.2 Å². The maximum absolute atomic E-state index is 11.9. The Morgan fingerprint density at radius 2 is 2.08 bits per heavy atom. The van der Waals surface area contributed by atoms with Crippen molar-refractivity contribution in [2.24, 2.45) is 0 Å². The normalized spacial score (nSPS) is 10.5. The number of amides is 1. The Morgan fingerprint density at radius 1 is 1.28 bits per heavy atom. The van der Waals surface area contributed by atoms with Crippen LogP contribution in [0.2, 0.25) is 0 Å². The van der Waals surface area contributed by atoms with E-state index in [0.29, 0.717) is 24.5 Å². The van der Waals surface area contributed by atoms with Crippen molar-refractivity contribution in [2.75, 3.05) is 19.4 Å². The minimum absolute atomic E-state index is 0.105. The minimum atomic E-state index is -0.273. The fourth-order valence-corrected chi connectivity index (χ4v) is 3.07. The number of aromatic nitrogens is 3. The molecule has 0 fully saturated rings. The van der Waals surface area contributed by atoms with Crippen molar-refractivity contribution in [3.05, 3.63) is 35.7 Å². The molecule has 0 bridgehead atoms. The van der Waals surface area contributed by atoms with Gasteiger partial charge in [-0.1, -0.05) is 23.9 Å². The van der Waals surface area contributed by atoms with Crippen molar-refractivity contribution in [2.45, 2.75) is 31.8 Å². The number of aryl methyl sites for hydroxylation is 2. The van der Waals surface area contributed by atoms with Crippen LogP contribution in [0.15, 0.2) is 29.4 Å². The van der Waals surface area contributed by atoms with Crippen LogP contribution in [0.4, 0.5) is 0 Å². The van der Waals surface area contributed by atoms with Crippen LogP contribution in [0.3, 0.4) is 0 Å². The van der Waals surface area contributed by atoms with Gasteiger partial charge in [0.25, 0.3) is 0 Å². The molecule has 0 saturated heterocycles. The summed E-state index contributed by atoms with van der Waals surface area (Å²) in [6.07, 6.45) is 0.854. The Kier molecular flexibility index (Phi) is 7.00. The Hall–Kier alpha value is -2.35. The summed E-state index contributed by atoms with van der Waals surface area (Å²) in [6.45, 7) is 4.35. The molecule has 25 heavy (non-hydrogen) atoms. The van der Waals surface area contributed by atoms with Crippen molar-refractivity contribution >= 4 is 23.6 Å². The first-order valence-electron chi connectivity index (χ1n) is 7.96. The smallest absolute Gasteiger partial charge is 0.305 e. The lowest BCUT2D eigenvalue weighted by molar-refractivity contribution is -0.140. The van der Waals surface area contributed by atoms with E-state index in [1.165, 1.54) is 18.9 Å². The molecular weight excluding hydrogens is 340 g/mol. The van der Waals surface area contributed by atoms with Crippen LogP contribution in [-0.2, 0) is 14.3 Å². The largest absolute Gasteiger partial charge is 0.469 e. The molecular formula is C17H22N4O3S. The van der Waals surface area contributed by atoms with Gasteiger partial charge in [0.2, 0.25) is 5.91 Å². The highest BCUT2D eigenvalue weighted by Crippen LogP contribution is 2.22. The molecule has 7 nitrogen and oxygen atoms in total. The quantitative estimate of drug-likeness (QED) is 0.439. The number of methoxy groups -OCH3 is 1. The number of ether oxygens (including phenoxy) is 1. The van der Waals surface area contributed by atoms with Gasteiger partial charge < -0.3 is 10.1 Å². The van der Waals surface area contributed by atoms with E-state index in [0.717, 1.165) is 17.1 Å². The summed E-state index contributed by atoms with van der Waals surface area (Å²) < 4.78 is 6.49. The molecule has 0 spiro atoms. The number of esters is 1. The first-order valence-corrected chi connectivity index (χ1v) is 8.95. The molecule has 0 aliphatic heterocycles. The average molecular weight is 362 g/mol. The Labute approximate surface area is 151 Å². The van der Waals surface area contributed by atoms with Crippen molar-refractivity contribution in [3.8, 4) is 5.69 Å². The fourth-order valence-electron chi connectivity index (χ4n) is 2.24. The highest BCUT2D eigenvalue weighted by Gasteiger charge is 2.13. The number of carbonyl (C=O) groups excluding carboxylic acids is 2. The molecule has 0 aliphatic carbocycles. The molecule has 0 atom stereocenters. The van der Waals surface area contributed by atoms with E-state index in [9.17, 15) is 9.59 Å². The van der Waals surface area contributed by atoms with Gasteiger partial charge in [0.05, 0.1) is 12.9 Å². The summed E-state index contributed by atoms with van der Waals surface area (Å²) in [6, 6.07) is 8.04. The first kappa shape index (κ1) is 19.0. The van der Waals surface area contributed by atoms with Gasteiger partial charge in [0.15, 0.2) is 5.16 Å². The minimum Gasteiger partial charge on any atom is -0.469 e. The zero-order chi connectivity index (χ0) is 18.2. The second-order valence-corrected chi connectivity index (χ2v) is 6.47. The average Bonchev–Trinajstić information content (AvgIpc) is 2.97. The SMILES string of the molecule is COC(=O)CCCNC(=O)CSc1nnc(C)n1-c1cccc(C)c1. The Bertz CT molecular complexity index is 745. The molecule has 1 heterocycles. The number of rotatable bonds is 8. The van der Waals surface area contributed by atoms with Crippen LogP contribution in [0.5, 0.6) is 0 Å². The van der Waals surface area contributed by atoms with E-state index in [2.05, 4.69) is 20.3 Å². The van der Waals surface area contributed by atoms with Gasteiger partial charge >= 0.3 is 5.97 Å². The van der Waals surface area contributed by atoms with Crippen LogP contribution >= 0.6 is 11.8 Å². The first-order chi connectivity index (χ1) is 12.0. The maximum Gasteiger partial charge on any atom is 0.305 e. The lowest BCUT2D eigenvalue weighted by Crippen LogP contribution is -2.26. The summed E-state index contributed by atoms with van der Waals surface area (Å²) >= 11 is 1.33. The number of carbonyl (C=O) groups is 2. The van der Waals surface area contributed by atoms with Gasteiger partial charge in [0, 0.05) is 18.7 Å². The molecule has 2 rings (SSSR count). The lowest BCUT2D eigenvalue weighted by atomic mass is 10.2. The standard InChI is InChI=1S/C17H22N4O3S/c1-12-6-4-7-14(10-12)21-13(2)19-20-17(21)25-11-15(22)18-9-5-8-16(23)24-3/h4,6-7,10H,5,8-9,11H2,1-3H3,(H,18,22). The molecule has 0 saturated carbocycles. The van der Waals surface area contributed by atoms with Gasteiger partial charge in [-0.2, -0.15) is 0 Å². The van der Waals surface area contributed by atoms with E-state index in [-0.39, 0.29) is 17.6 Å². The number of hydrogen-bond acceptors (Lipinski definition) is 6. The number of thioether (sulfide) groups is 1. The molecule has 0 radical (unpaired) electrons. The van der Waals surface area contributed by atoms with E-state index in [4.69, 9.17) is 0 Å². The zero-order valence-corrected chi connectivity index (χ0v) is 15.4. The number of hydrogen-bond donors (Lipinski definition) is 1. The molecule has 1 amide bonds. The molecule has 0 aliphatic rings. The van der Waals surface area contributed by atoms with Crippen LogP contribution in [0.25, 0.3) is 5.69 Å². The molecule has 1 N–H and O–H groups in total. The highest BCUT2D eigenvalue weighted by molar-refractivity contribution is 7.99. The lowest BCUT2D eigenvalue weighted by Gasteiger charge is -2.09. The zero-order valence-electron chi connectivity index (χ0n) is 14.6. The second-order valence-electron chi connectivity index (χ2n) is 5.52. The summed E-state index contributed by atoms with van der Waals surface area (Å²) in [7, 11) is 1.35. The maximum atomic E-state index is 11.9. The Morgan fingerprint density at radius 3 is 2.80 bits per heavy atom. The third-order valence-corrected chi connectivity index (χ3v) is 4.42. The van der Waals surface area contributed by atoms with Crippen molar-refractivity contribution in [1.29, 1.82) is 0 Å². The molecule has 1 aromatic carbocycles. The van der Waals surface area contributed by atoms with E-state index in [1.54, 1.807) is 0 Å². The van der Waals surface area contributed by atoms with Gasteiger partial charge in [-0.25, -0.2) is 0 Å². The number of benzene rings is 1. The van der Waals surface area contributed by atoms with Gasteiger partial charge in [0.1, 0.15) is 5.82 Å². The fraction of sp³-hybridized carbons (Fsp3) is 0.412. The summed E-state index contributed by atoms with van der Waals surface area (Å²) in [5.41, 5.74) is 2.12. The third-order valence-electron chi connectivity index (χ3n) is 3.49. The highest BCUT2D eigenvalue weighted by atomic mass is 32.2. The van der Waals surface area contributed by atoms with Gasteiger partial charge in [-0.15, -0.1) is 10.2 Å². The topological polar surface area (TPSA) is 86.1 Å². The molecule has 0 unspecified atom stereocenters. The summed E-state index contributed by atoms with van der Waals surface area (Å²) in [5, 5.41) is 11.7. The van der Waals surface area contributed by atoms with E-state index < -0.39 is 0 Å². The third kappa shape index (κ3) is 5.60. The van der Waals surface area contributed by atoms with Gasteiger partial charge in [-0.3, -0.25) is 14.2 Å². The molecule has 134 valence electrons. The molecule has 2 aromatic rings. The van der Waals surface area contributed by atoms with Crippen LogP contribution in [0, 0.1) is 13.8 Å². The predicted molar refractivity (Wildman–Crippen MR) is 95.8 cm³/mol. The molecule has 1 aromatic heterocycles. The van der Waals surface area contributed by atoms with Crippen LogP contribution < -0.4 is 5.32 Å². The molecule has 8 heteroatoms. The van der Waals surface area contributed by atoms with Gasteiger partial charge in [-0.05, 0) is 38.0 Å². The van der Waals surface area contributed by atoms with Crippen molar-refractivity contribution in [1.82, 2.24) is 20.1 Å². The number of nitrogens with one attached hydrogen (secondary N) is 1. The summed E-state index contributed by atoms with van der Waals surface area (Å²) in [5.74, 6) is 0.630. The predicted octanol–water partition coefficient (Wildman–Crippen LogP) is 2.05. The monoisotopic (exact) mass is 362 g/mol. The summed E-state index contributed by atoms with van der Waals surface area (Å²) in [4.78, 5) is 22.9. The Balaban J connectivity index is 1.89. The van der Waals surface area contributed by atoms with Crippen LogP contribution in [-0.4, -0.2) is 46.0 Å². The second kappa shape index (κ2) is 9.22.